The number of carboxylic acid groups (broad SMARTS) is 1. The minimum absolute atomic E-state index is 0.0851. The summed E-state index contributed by atoms with van der Waals surface area (Å²) < 4.78 is 45.7. The third kappa shape index (κ3) is 4.02. The number of aliphatic carboxylic acids is 1. The summed E-state index contributed by atoms with van der Waals surface area (Å²) in [5, 5.41) is 17.5. The van der Waals surface area contributed by atoms with Crippen LogP contribution in [0.2, 0.25) is 0 Å². The molecule has 0 aliphatic rings. The lowest BCUT2D eigenvalue weighted by molar-refractivity contribution is -0.137. The van der Waals surface area contributed by atoms with Crippen molar-refractivity contribution in [2.45, 2.75) is 19.1 Å². The van der Waals surface area contributed by atoms with Gasteiger partial charge in [0.05, 0.1) is 28.6 Å². The normalized spacial score (nSPS) is 11.7. The van der Waals surface area contributed by atoms with Crippen LogP contribution in [0.15, 0.2) is 57.8 Å². The van der Waals surface area contributed by atoms with E-state index in [0.29, 0.717) is 5.39 Å². The molecule has 11 heteroatoms. The highest BCUT2D eigenvalue weighted by atomic mass is 19.4. The summed E-state index contributed by atoms with van der Waals surface area (Å²) in [6.45, 7) is -0.312. The first-order valence-electron chi connectivity index (χ1n) is 8.94. The van der Waals surface area contributed by atoms with Crippen LogP contribution in [0.3, 0.4) is 0 Å². The van der Waals surface area contributed by atoms with Crippen LogP contribution in [0, 0.1) is 0 Å². The number of aromatic nitrogens is 4. The number of benzene rings is 2. The van der Waals surface area contributed by atoms with Crippen LogP contribution in [0.25, 0.3) is 22.2 Å². The van der Waals surface area contributed by atoms with E-state index < -0.39 is 29.7 Å². The van der Waals surface area contributed by atoms with Gasteiger partial charge in [0.15, 0.2) is 5.82 Å². The van der Waals surface area contributed by atoms with Crippen LogP contribution in [-0.4, -0.2) is 31.0 Å². The molecular weight excluding hydrogens is 417 g/mol. The first-order valence-corrected chi connectivity index (χ1v) is 8.94. The predicted octanol–water partition coefficient (Wildman–Crippen LogP) is 3.14. The summed E-state index contributed by atoms with van der Waals surface area (Å²) in [5.41, 5.74) is -1.59. The minimum atomic E-state index is -4.62. The Kier molecular flexibility index (Phi) is 5.01. The Labute approximate surface area is 171 Å². The van der Waals surface area contributed by atoms with Crippen LogP contribution < -0.4 is 5.56 Å². The Morgan fingerprint density at radius 2 is 1.74 bits per heavy atom. The molecule has 2 aromatic heterocycles. The van der Waals surface area contributed by atoms with E-state index in [4.69, 9.17) is 9.63 Å². The van der Waals surface area contributed by atoms with Crippen molar-refractivity contribution < 1.29 is 27.6 Å². The molecular formula is C20H13F3N4O4. The highest BCUT2D eigenvalue weighted by molar-refractivity contribution is 5.86. The van der Waals surface area contributed by atoms with E-state index in [2.05, 4.69) is 15.2 Å². The van der Waals surface area contributed by atoms with Crippen molar-refractivity contribution in [2.75, 3.05) is 0 Å². The maximum atomic E-state index is 13.2. The SMILES string of the molecule is O=C(O)Cc1nn(Cc2noc(-c3ccccc3C(F)(F)F)n2)c(=O)c2ccccc12. The Balaban J connectivity index is 1.74. The van der Waals surface area contributed by atoms with Crippen LogP contribution in [0.4, 0.5) is 13.2 Å². The van der Waals surface area contributed by atoms with Crippen LogP contribution >= 0.6 is 0 Å². The van der Waals surface area contributed by atoms with E-state index in [1.165, 1.54) is 24.3 Å². The third-order valence-electron chi connectivity index (χ3n) is 4.49. The lowest BCUT2D eigenvalue weighted by atomic mass is 10.1. The van der Waals surface area contributed by atoms with Crippen molar-refractivity contribution in [3.63, 3.8) is 0 Å². The molecule has 4 rings (SSSR count). The predicted molar refractivity (Wildman–Crippen MR) is 101 cm³/mol. The molecule has 0 aliphatic heterocycles. The molecule has 31 heavy (non-hydrogen) atoms. The highest BCUT2D eigenvalue weighted by Crippen LogP contribution is 2.36. The van der Waals surface area contributed by atoms with Gasteiger partial charge in [-0.3, -0.25) is 9.59 Å². The number of halogens is 3. The van der Waals surface area contributed by atoms with Gasteiger partial charge < -0.3 is 9.63 Å². The number of carboxylic acids is 1. The van der Waals surface area contributed by atoms with E-state index in [0.717, 1.165) is 10.7 Å². The van der Waals surface area contributed by atoms with Gasteiger partial charge in [-0.05, 0) is 18.2 Å². The highest BCUT2D eigenvalue weighted by Gasteiger charge is 2.34. The van der Waals surface area contributed by atoms with E-state index >= 15 is 0 Å². The fourth-order valence-electron chi connectivity index (χ4n) is 3.16. The summed E-state index contributed by atoms with van der Waals surface area (Å²) in [4.78, 5) is 27.9. The zero-order valence-electron chi connectivity index (χ0n) is 15.6. The second-order valence-electron chi connectivity index (χ2n) is 6.58. The molecule has 0 atom stereocenters. The topological polar surface area (TPSA) is 111 Å². The lowest BCUT2D eigenvalue weighted by Gasteiger charge is -2.09. The van der Waals surface area contributed by atoms with Gasteiger partial charge in [-0.1, -0.05) is 35.5 Å². The first-order chi connectivity index (χ1) is 14.7. The number of alkyl halides is 3. The molecule has 0 fully saturated rings. The molecule has 0 amide bonds. The fourth-order valence-corrected chi connectivity index (χ4v) is 3.16. The molecule has 0 spiro atoms. The van der Waals surface area contributed by atoms with Gasteiger partial charge in [0.2, 0.25) is 0 Å². The molecule has 0 radical (unpaired) electrons. The van der Waals surface area contributed by atoms with Gasteiger partial charge in [0.1, 0.15) is 6.54 Å². The third-order valence-corrected chi connectivity index (χ3v) is 4.49. The summed E-state index contributed by atoms with van der Waals surface area (Å²) in [7, 11) is 0. The van der Waals surface area contributed by atoms with Gasteiger partial charge in [-0.25, -0.2) is 4.68 Å². The lowest BCUT2D eigenvalue weighted by Crippen LogP contribution is -2.26. The summed E-state index contributed by atoms with van der Waals surface area (Å²) in [6, 6.07) is 11.1. The molecule has 8 nitrogen and oxygen atoms in total. The number of carbonyl (C=O) groups is 1. The van der Waals surface area contributed by atoms with Crippen molar-refractivity contribution in [1.29, 1.82) is 0 Å². The molecule has 0 saturated heterocycles. The summed E-state index contributed by atoms with van der Waals surface area (Å²) in [5.74, 6) is -1.57. The van der Waals surface area contributed by atoms with E-state index in [1.54, 1.807) is 18.2 Å². The maximum absolute atomic E-state index is 13.2. The van der Waals surface area contributed by atoms with Gasteiger partial charge in [-0.15, -0.1) is 0 Å². The van der Waals surface area contributed by atoms with Gasteiger partial charge >= 0.3 is 12.1 Å². The van der Waals surface area contributed by atoms with Crippen molar-refractivity contribution in [2.24, 2.45) is 0 Å². The molecule has 0 aliphatic carbocycles. The average Bonchev–Trinajstić information content (AvgIpc) is 3.19. The second kappa shape index (κ2) is 7.67. The monoisotopic (exact) mass is 430 g/mol. The number of nitrogens with zero attached hydrogens (tertiary/aromatic N) is 4. The Bertz CT molecular complexity index is 1340. The minimum Gasteiger partial charge on any atom is -0.481 e. The number of hydrogen-bond donors (Lipinski definition) is 1. The van der Waals surface area contributed by atoms with Crippen LogP contribution in [0.1, 0.15) is 17.1 Å². The summed E-state index contributed by atoms with van der Waals surface area (Å²) >= 11 is 0. The van der Waals surface area contributed by atoms with E-state index in [-0.39, 0.29) is 34.9 Å². The molecule has 0 saturated carbocycles. The number of rotatable bonds is 5. The molecule has 158 valence electrons. The molecule has 2 heterocycles. The standard InChI is InChI=1S/C20H13F3N4O4/c21-20(22,23)14-8-4-3-7-13(14)18-24-16(26-31-18)10-27-19(30)12-6-2-1-5-11(12)15(25-27)9-17(28)29/h1-8H,9-10H2,(H,28,29). The fraction of sp³-hybridized carbons (Fsp3) is 0.150. The smallest absolute Gasteiger partial charge is 0.417 e. The zero-order chi connectivity index (χ0) is 22.2. The van der Waals surface area contributed by atoms with Crippen molar-refractivity contribution in [3.05, 3.63) is 76.0 Å². The molecule has 0 bridgehead atoms. The van der Waals surface area contributed by atoms with E-state index in [9.17, 15) is 22.8 Å². The molecule has 0 unspecified atom stereocenters. The molecule has 4 aromatic rings. The Morgan fingerprint density at radius 3 is 2.45 bits per heavy atom. The zero-order valence-corrected chi connectivity index (χ0v) is 15.6. The molecule has 2 aromatic carbocycles. The molecule has 1 N–H and O–H groups in total. The summed E-state index contributed by atoms with van der Waals surface area (Å²) in [6.07, 6.45) is -5.04. The number of fused-ring (bicyclic) bond motifs is 1. The van der Waals surface area contributed by atoms with Crippen molar-refractivity contribution in [3.8, 4) is 11.5 Å². The maximum Gasteiger partial charge on any atom is 0.417 e. The van der Waals surface area contributed by atoms with Crippen molar-refractivity contribution >= 4 is 16.7 Å². The number of hydrogen-bond acceptors (Lipinski definition) is 6. The quantitative estimate of drug-likeness (QED) is 0.518. The van der Waals surface area contributed by atoms with Gasteiger partial charge in [0.25, 0.3) is 11.4 Å². The Hall–Kier alpha value is -4.02. The average molecular weight is 430 g/mol. The van der Waals surface area contributed by atoms with E-state index in [1.807, 2.05) is 0 Å². The largest absolute Gasteiger partial charge is 0.481 e. The van der Waals surface area contributed by atoms with Gasteiger partial charge in [0, 0.05) is 5.39 Å². The first kappa shape index (κ1) is 20.3. The van der Waals surface area contributed by atoms with Gasteiger partial charge in [-0.2, -0.15) is 23.3 Å². The van der Waals surface area contributed by atoms with Crippen LogP contribution in [-0.2, 0) is 23.9 Å². The van der Waals surface area contributed by atoms with Crippen molar-refractivity contribution in [1.82, 2.24) is 19.9 Å². The van der Waals surface area contributed by atoms with Crippen LogP contribution in [0.5, 0.6) is 0 Å². The second-order valence-corrected chi connectivity index (χ2v) is 6.58. The Morgan fingerprint density at radius 1 is 1.06 bits per heavy atom.